The molecular weight excluding hydrogens is 326 g/mol. The molecule has 1 aromatic heterocycles. The summed E-state index contributed by atoms with van der Waals surface area (Å²) < 4.78 is 0. The van der Waals surface area contributed by atoms with Gasteiger partial charge in [-0.15, -0.1) is 0 Å². The number of amides is 3. The summed E-state index contributed by atoms with van der Waals surface area (Å²) in [5, 5.41) is 2.14. The highest BCUT2D eigenvalue weighted by atomic mass is 32.2. The van der Waals surface area contributed by atoms with Crippen molar-refractivity contribution in [2.24, 2.45) is 0 Å². The van der Waals surface area contributed by atoms with Gasteiger partial charge in [-0.2, -0.15) is 0 Å². The summed E-state index contributed by atoms with van der Waals surface area (Å²) in [5.74, 6) is -0.915. The van der Waals surface area contributed by atoms with E-state index in [4.69, 9.17) is 0 Å². The number of anilines is 1. The maximum Gasteiger partial charge on any atom is 0.294 e. The molecule has 1 aliphatic heterocycles. The van der Waals surface area contributed by atoms with Crippen molar-refractivity contribution in [1.29, 1.82) is 0 Å². The van der Waals surface area contributed by atoms with E-state index in [0.717, 1.165) is 22.2 Å². The Labute approximate surface area is 142 Å². The van der Waals surface area contributed by atoms with Gasteiger partial charge in [-0.3, -0.25) is 24.3 Å². The summed E-state index contributed by atoms with van der Waals surface area (Å²) in [6.07, 6.45) is 4.71. The lowest BCUT2D eigenvalue weighted by Crippen LogP contribution is -2.36. The number of nitrogens with zero attached hydrogens (tertiary/aromatic N) is 2. The largest absolute Gasteiger partial charge is 0.323 e. The molecular formula is C17H13N3O3S. The van der Waals surface area contributed by atoms with Crippen LogP contribution < -0.4 is 5.32 Å². The molecule has 0 atom stereocenters. The van der Waals surface area contributed by atoms with Crippen LogP contribution in [0, 0.1) is 0 Å². The Kier molecular flexibility index (Phi) is 4.72. The third-order valence-electron chi connectivity index (χ3n) is 3.22. The van der Waals surface area contributed by atoms with Crippen LogP contribution in [0.2, 0.25) is 0 Å². The van der Waals surface area contributed by atoms with Crippen LogP contribution in [0.15, 0.2) is 59.8 Å². The third kappa shape index (κ3) is 3.69. The highest BCUT2D eigenvalue weighted by Gasteiger charge is 2.36. The molecule has 0 saturated carbocycles. The predicted molar refractivity (Wildman–Crippen MR) is 92.0 cm³/mol. The SMILES string of the molecule is O=C(CN1C(=O)S/C(=C/c2ccccc2)C1=O)Nc1cccnc1. The summed E-state index contributed by atoms with van der Waals surface area (Å²) >= 11 is 0.831. The number of rotatable bonds is 4. The fourth-order valence-electron chi connectivity index (χ4n) is 2.12. The Morgan fingerprint density at radius 3 is 2.67 bits per heavy atom. The number of thioether (sulfide) groups is 1. The fourth-order valence-corrected chi connectivity index (χ4v) is 2.96. The Hall–Kier alpha value is -2.93. The van der Waals surface area contributed by atoms with Crippen LogP contribution in [0.1, 0.15) is 5.56 Å². The standard InChI is InChI=1S/C17H13N3O3S/c21-15(19-13-7-4-8-18-10-13)11-20-16(22)14(24-17(20)23)9-12-5-2-1-3-6-12/h1-10H,11H2,(H,19,21)/b14-9+. The Morgan fingerprint density at radius 1 is 1.17 bits per heavy atom. The van der Waals surface area contributed by atoms with Gasteiger partial charge in [0.1, 0.15) is 6.54 Å². The number of imide groups is 1. The molecule has 7 heteroatoms. The van der Waals surface area contributed by atoms with Crippen molar-refractivity contribution in [2.45, 2.75) is 0 Å². The number of carbonyl (C=O) groups is 3. The molecule has 0 unspecified atom stereocenters. The van der Waals surface area contributed by atoms with Crippen LogP contribution >= 0.6 is 11.8 Å². The first-order valence-electron chi connectivity index (χ1n) is 7.14. The van der Waals surface area contributed by atoms with Gasteiger partial charge in [0.25, 0.3) is 11.1 Å². The van der Waals surface area contributed by atoms with Gasteiger partial charge in [0.2, 0.25) is 5.91 Å². The predicted octanol–water partition coefficient (Wildman–Crippen LogP) is 2.76. The minimum absolute atomic E-state index is 0.306. The second-order valence-electron chi connectivity index (χ2n) is 4.97. The number of carbonyl (C=O) groups excluding carboxylic acids is 3. The van der Waals surface area contributed by atoms with Crippen LogP contribution in [-0.2, 0) is 9.59 Å². The Balaban J connectivity index is 1.68. The van der Waals surface area contributed by atoms with Gasteiger partial charge < -0.3 is 5.32 Å². The highest BCUT2D eigenvalue weighted by molar-refractivity contribution is 8.18. The molecule has 2 aromatic rings. The van der Waals surface area contributed by atoms with Gasteiger partial charge in [0.05, 0.1) is 16.8 Å². The second kappa shape index (κ2) is 7.10. The van der Waals surface area contributed by atoms with Crippen LogP contribution in [0.5, 0.6) is 0 Å². The zero-order valence-corrected chi connectivity index (χ0v) is 13.3. The highest BCUT2D eigenvalue weighted by Crippen LogP contribution is 2.31. The quantitative estimate of drug-likeness (QED) is 0.867. The van der Waals surface area contributed by atoms with Gasteiger partial charge in [0.15, 0.2) is 0 Å². The number of benzene rings is 1. The molecule has 0 bridgehead atoms. The number of aromatic nitrogens is 1. The van der Waals surface area contributed by atoms with Crippen molar-refractivity contribution in [1.82, 2.24) is 9.88 Å². The molecule has 1 aliphatic rings. The van der Waals surface area contributed by atoms with Gasteiger partial charge in [-0.1, -0.05) is 30.3 Å². The first kappa shape index (κ1) is 15.9. The molecule has 0 aliphatic carbocycles. The molecule has 1 fully saturated rings. The first-order chi connectivity index (χ1) is 11.6. The topological polar surface area (TPSA) is 79.4 Å². The first-order valence-corrected chi connectivity index (χ1v) is 7.95. The fraction of sp³-hybridized carbons (Fsp3) is 0.0588. The Morgan fingerprint density at radius 2 is 1.96 bits per heavy atom. The normalized spacial score (nSPS) is 15.8. The molecule has 1 N–H and O–H groups in total. The van der Waals surface area contributed by atoms with Gasteiger partial charge in [-0.25, -0.2) is 0 Å². The minimum Gasteiger partial charge on any atom is -0.323 e. The maximum atomic E-state index is 12.3. The molecule has 24 heavy (non-hydrogen) atoms. The summed E-state index contributed by atoms with van der Waals surface area (Å²) in [6, 6.07) is 12.6. The number of pyridine rings is 1. The van der Waals surface area contributed by atoms with Crippen molar-refractivity contribution in [3.8, 4) is 0 Å². The zero-order chi connectivity index (χ0) is 16.9. The van der Waals surface area contributed by atoms with E-state index in [1.54, 1.807) is 24.4 Å². The van der Waals surface area contributed by atoms with Crippen molar-refractivity contribution in [3.05, 3.63) is 65.3 Å². The number of hydrogen-bond donors (Lipinski definition) is 1. The third-order valence-corrected chi connectivity index (χ3v) is 4.13. The van der Waals surface area contributed by atoms with Crippen molar-refractivity contribution >= 4 is 40.6 Å². The molecule has 120 valence electrons. The molecule has 0 radical (unpaired) electrons. The van der Waals surface area contributed by atoms with Crippen molar-refractivity contribution < 1.29 is 14.4 Å². The lowest BCUT2D eigenvalue weighted by molar-refractivity contribution is -0.127. The van der Waals surface area contributed by atoms with E-state index in [1.807, 2.05) is 30.3 Å². The zero-order valence-electron chi connectivity index (χ0n) is 12.5. The van der Waals surface area contributed by atoms with Crippen LogP contribution in [0.25, 0.3) is 6.08 Å². The van der Waals surface area contributed by atoms with Crippen molar-refractivity contribution in [2.75, 3.05) is 11.9 Å². The molecule has 1 aromatic carbocycles. The average Bonchev–Trinajstić information content (AvgIpc) is 2.84. The monoisotopic (exact) mass is 339 g/mol. The van der Waals surface area contributed by atoms with Crippen LogP contribution in [-0.4, -0.2) is 33.5 Å². The Bertz CT molecular complexity index is 806. The van der Waals surface area contributed by atoms with Crippen LogP contribution in [0.4, 0.5) is 10.5 Å². The molecule has 3 rings (SSSR count). The average molecular weight is 339 g/mol. The van der Waals surface area contributed by atoms with Gasteiger partial charge in [-0.05, 0) is 35.5 Å². The molecule has 1 saturated heterocycles. The molecule has 6 nitrogen and oxygen atoms in total. The van der Waals surface area contributed by atoms with E-state index in [9.17, 15) is 14.4 Å². The summed E-state index contributed by atoms with van der Waals surface area (Å²) in [4.78, 5) is 41.5. The molecule has 3 amide bonds. The summed E-state index contributed by atoms with van der Waals surface area (Å²) in [7, 11) is 0. The maximum absolute atomic E-state index is 12.3. The van der Waals surface area contributed by atoms with E-state index >= 15 is 0 Å². The van der Waals surface area contributed by atoms with E-state index in [0.29, 0.717) is 10.6 Å². The van der Waals surface area contributed by atoms with Gasteiger partial charge >= 0.3 is 0 Å². The lowest BCUT2D eigenvalue weighted by atomic mass is 10.2. The second-order valence-corrected chi connectivity index (χ2v) is 5.96. The van der Waals surface area contributed by atoms with E-state index in [2.05, 4.69) is 10.3 Å². The smallest absolute Gasteiger partial charge is 0.294 e. The number of hydrogen-bond acceptors (Lipinski definition) is 5. The van der Waals surface area contributed by atoms with E-state index in [-0.39, 0.29) is 6.54 Å². The van der Waals surface area contributed by atoms with Crippen LogP contribution in [0.3, 0.4) is 0 Å². The summed E-state index contributed by atoms with van der Waals surface area (Å²) in [6.45, 7) is -0.328. The molecule has 2 heterocycles. The van der Waals surface area contributed by atoms with Crippen molar-refractivity contribution in [3.63, 3.8) is 0 Å². The minimum atomic E-state index is -0.463. The number of nitrogens with one attached hydrogen (secondary N) is 1. The van der Waals surface area contributed by atoms with Gasteiger partial charge in [0, 0.05) is 6.20 Å². The molecule has 0 spiro atoms. The van der Waals surface area contributed by atoms with E-state index < -0.39 is 17.1 Å². The summed E-state index contributed by atoms with van der Waals surface area (Å²) in [5.41, 5.74) is 1.33. The van der Waals surface area contributed by atoms with E-state index in [1.165, 1.54) is 6.20 Å². The lowest BCUT2D eigenvalue weighted by Gasteiger charge is -2.12.